The maximum Gasteiger partial charge on any atom is 0.433 e. The number of hydrogen-bond donors (Lipinski definition) is 1. The molecule has 1 aliphatic heterocycles. The molecule has 1 atom stereocenters. The Bertz CT molecular complexity index is 865. The van der Waals surface area contributed by atoms with Gasteiger partial charge in [-0.2, -0.15) is 13.2 Å². The van der Waals surface area contributed by atoms with Gasteiger partial charge >= 0.3 is 6.18 Å². The second-order valence-electron chi connectivity index (χ2n) is 8.38. The number of aliphatic imine (C=N–C) groups is 1. The van der Waals surface area contributed by atoms with Crippen molar-refractivity contribution in [1.82, 2.24) is 9.88 Å². The molecule has 0 aliphatic carbocycles. The number of halogens is 3. The lowest BCUT2D eigenvalue weighted by Crippen LogP contribution is -2.39. The Morgan fingerprint density at radius 3 is 2.14 bits per heavy atom. The van der Waals surface area contributed by atoms with Gasteiger partial charge in [-0.05, 0) is 48.9 Å². The summed E-state index contributed by atoms with van der Waals surface area (Å²) in [6, 6.07) is 12.2. The number of hydrogen-bond acceptors (Lipinski definition) is 5. The molecule has 2 N–H and O–H groups in total. The number of rotatable bonds is 12. The van der Waals surface area contributed by atoms with E-state index in [1.54, 1.807) is 59.8 Å². The molecule has 35 heavy (non-hydrogen) atoms. The van der Waals surface area contributed by atoms with Crippen LogP contribution in [0.2, 0.25) is 0 Å². The van der Waals surface area contributed by atoms with Crippen molar-refractivity contribution >= 4 is 5.71 Å². The average Bonchev–Trinajstić information content (AvgIpc) is 2.86. The molecule has 1 aliphatic rings. The van der Waals surface area contributed by atoms with Crippen molar-refractivity contribution < 1.29 is 17.9 Å². The maximum absolute atomic E-state index is 12.9. The molecule has 0 spiro atoms. The van der Waals surface area contributed by atoms with Gasteiger partial charge in [0.05, 0.1) is 0 Å². The third kappa shape index (κ3) is 11.4. The molecule has 0 amide bonds. The number of nitrogens with zero attached hydrogens (tertiary/aromatic N) is 3. The standard InChI is InChI=1S/C17H14F3N3O.C10H23N/c18-17(19,20)15-8-11-23(12-13-6-9-21-10-7-13)16(22-15)24-14-4-2-1-3-5-14;1-2-3-4-5-6-7-8-9-10-11/h1-11,16H,12H2;2-11H2,1H3. The minimum atomic E-state index is -4.52. The van der Waals surface area contributed by atoms with Gasteiger partial charge in [0.25, 0.3) is 6.35 Å². The summed E-state index contributed by atoms with van der Waals surface area (Å²) in [7, 11) is 0. The predicted octanol–water partition coefficient (Wildman–Crippen LogP) is 6.86. The van der Waals surface area contributed by atoms with Gasteiger partial charge in [-0.1, -0.05) is 70.1 Å². The Hall–Kier alpha value is -2.87. The third-order valence-electron chi connectivity index (χ3n) is 5.40. The molecular weight excluding hydrogens is 453 g/mol. The van der Waals surface area contributed by atoms with Crippen molar-refractivity contribution in [2.45, 2.75) is 77.4 Å². The Balaban J connectivity index is 0.000000334. The fourth-order valence-electron chi connectivity index (χ4n) is 3.47. The first-order valence-corrected chi connectivity index (χ1v) is 12.3. The van der Waals surface area contributed by atoms with Crippen LogP contribution in [0.5, 0.6) is 5.75 Å². The first-order chi connectivity index (χ1) is 16.9. The van der Waals surface area contributed by atoms with Gasteiger partial charge in [0, 0.05) is 25.1 Å². The number of benzene rings is 1. The number of nitrogens with two attached hydrogens (primary N) is 1. The number of para-hydroxylation sites is 1. The number of alkyl halides is 3. The molecule has 1 aromatic carbocycles. The van der Waals surface area contributed by atoms with Crippen LogP contribution >= 0.6 is 0 Å². The van der Waals surface area contributed by atoms with Crippen LogP contribution in [0, 0.1) is 0 Å². The number of pyridine rings is 1. The van der Waals surface area contributed by atoms with E-state index in [1.165, 1.54) is 57.6 Å². The maximum atomic E-state index is 12.9. The number of allylic oxidation sites excluding steroid dienone is 1. The van der Waals surface area contributed by atoms with E-state index in [-0.39, 0.29) is 0 Å². The van der Waals surface area contributed by atoms with Crippen molar-refractivity contribution in [2.75, 3.05) is 6.54 Å². The van der Waals surface area contributed by atoms with Crippen LogP contribution in [0.4, 0.5) is 13.2 Å². The molecule has 0 bridgehead atoms. The summed E-state index contributed by atoms with van der Waals surface area (Å²) in [5, 5.41) is 0. The van der Waals surface area contributed by atoms with E-state index in [0.717, 1.165) is 18.2 Å². The number of ether oxygens (including phenoxy) is 1. The fraction of sp³-hybridized carbons (Fsp3) is 0.481. The highest BCUT2D eigenvalue weighted by Gasteiger charge is 2.37. The average molecular weight is 491 g/mol. The summed E-state index contributed by atoms with van der Waals surface area (Å²) < 4.78 is 44.5. The van der Waals surface area contributed by atoms with Crippen molar-refractivity contribution in [2.24, 2.45) is 10.7 Å². The van der Waals surface area contributed by atoms with Crippen LogP contribution in [0.3, 0.4) is 0 Å². The van der Waals surface area contributed by atoms with Crippen molar-refractivity contribution in [3.8, 4) is 5.75 Å². The van der Waals surface area contributed by atoms with Gasteiger partial charge < -0.3 is 15.4 Å². The van der Waals surface area contributed by atoms with Crippen molar-refractivity contribution in [3.63, 3.8) is 0 Å². The second-order valence-corrected chi connectivity index (χ2v) is 8.38. The quantitative estimate of drug-likeness (QED) is 0.330. The summed E-state index contributed by atoms with van der Waals surface area (Å²) in [5.41, 5.74) is 5.32. The van der Waals surface area contributed by atoms with Crippen molar-refractivity contribution in [3.05, 3.63) is 72.7 Å². The second kappa shape index (κ2) is 15.9. The molecule has 1 unspecified atom stereocenters. The van der Waals surface area contributed by atoms with Crippen LogP contribution in [-0.4, -0.2) is 34.7 Å². The van der Waals surface area contributed by atoms with E-state index < -0.39 is 18.2 Å². The number of unbranched alkanes of at least 4 members (excludes halogenated alkanes) is 7. The molecule has 1 aromatic heterocycles. The van der Waals surface area contributed by atoms with Gasteiger partial charge in [-0.25, -0.2) is 4.99 Å². The lowest BCUT2D eigenvalue weighted by molar-refractivity contribution is -0.0609. The Kier molecular flexibility index (Phi) is 12.9. The van der Waals surface area contributed by atoms with Crippen LogP contribution in [0.15, 0.2) is 72.1 Å². The summed E-state index contributed by atoms with van der Waals surface area (Å²) >= 11 is 0. The SMILES string of the molecule is CCCCCCCCCCN.FC(F)(F)C1=NC(Oc2ccccc2)N(Cc2ccncc2)C=C1. The summed E-state index contributed by atoms with van der Waals surface area (Å²) in [5.74, 6) is 0.447. The van der Waals surface area contributed by atoms with Gasteiger partial charge in [0.15, 0.2) is 0 Å². The van der Waals surface area contributed by atoms with E-state index in [2.05, 4.69) is 16.9 Å². The van der Waals surface area contributed by atoms with Gasteiger partial charge in [-0.3, -0.25) is 4.98 Å². The van der Waals surface area contributed by atoms with Crippen LogP contribution in [0.1, 0.15) is 63.9 Å². The molecule has 5 nitrogen and oxygen atoms in total. The Labute approximate surface area is 206 Å². The molecule has 0 radical (unpaired) electrons. The smallest absolute Gasteiger partial charge is 0.433 e. The first-order valence-electron chi connectivity index (χ1n) is 12.3. The monoisotopic (exact) mass is 490 g/mol. The Morgan fingerprint density at radius 1 is 0.914 bits per heavy atom. The number of aromatic nitrogens is 1. The molecule has 192 valence electrons. The molecule has 0 saturated heterocycles. The molecule has 8 heteroatoms. The highest BCUT2D eigenvalue weighted by atomic mass is 19.4. The van der Waals surface area contributed by atoms with E-state index in [1.807, 2.05) is 0 Å². The van der Waals surface area contributed by atoms with E-state index in [9.17, 15) is 13.2 Å². The van der Waals surface area contributed by atoms with Gasteiger partial charge in [0.2, 0.25) is 0 Å². The van der Waals surface area contributed by atoms with Crippen molar-refractivity contribution in [1.29, 1.82) is 0 Å². The highest BCUT2D eigenvalue weighted by molar-refractivity contribution is 5.99. The summed E-state index contributed by atoms with van der Waals surface area (Å²) in [4.78, 5) is 9.24. The lowest BCUT2D eigenvalue weighted by Gasteiger charge is -2.31. The zero-order chi connectivity index (χ0) is 25.4. The highest BCUT2D eigenvalue weighted by Crippen LogP contribution is 2.25. The molecule has 0 fully saturated rings. The van der Waals surface area contributed by atoms with Crippen LogP contribution < -0.4 is 10.5 Å². The molecule has 3 rings (SSSR count). The van der Waals surface area contributed by atoms with E-state index in [0.29, 0.717) is 12.3 Å². The Morgan fingerprint density at radius 2 is 1.54 bits per heavy atom. The third-order valence-corrected chi connectivity index (χ3v) is 5.40. The minimum Gasteiger partial charge on any atom is -0.450 e. The molecule has 2 aromatic rings. The fourth-order valence-corrected chi connectivity index (χ4v) is 3.47. The summed E-state index contributed by atoms with van der Waals surface area (Å²) in [6.45, 7) is 3.48. The molecular formula is C27H37F3N4O. The zero-order valence-electron chi connectivity index (χ0n) is 20.5. The van der Waals surface area contributed by atoms with Gasteiger partial charge in [0.1, 0.15) is 11.5 Å². The van der Waals surface area contributed by atoms with E-state index >= 15 is 0 Å². The predicted molar refractivity (Wildman–Crippen MR) is 135 cm³/mol. The first kappa shape index (κ1) is 28.4. The summed E-state index contributed by atoms with van der Waals surface area (Å²) in [6.07, 6.45) is 10.9. The topological polar surface area (TPSA) is 63.7 Å². The van der Waals surface area contributed by atoms with Gasteiger partial charge in [-0.15, -0.1) is 0 Å². The molecule has 0 saturated carbocycles. The normalized spacial score (nSPS) is 15.3. The molecule has 2 heterocycles. The van der Waals surface area contributed by atoms with Crippen LogP contribution in [-0.2, 0) is 6.54 Å². The lowest BCUT2D eigenvalue weighted by atomic mass is 10.1. The van der Waals surface area contributed by atoms with Crippen LogP contribution in [0.25, 0.3) is 0 Å². The largest absolute Gasteiger partial charge is 0.450 e. The van der Waals surface area contributed by atoms with E-state index in [4.69, 9.17) is 10.5 Å². The minimum absolute atomic E-state index is 0.352. The zero-order valence-corrected chi connectivity index (χ0v) is 20.5.